The van der Waals surface area contributed by atoms with Gasteiger partial charge in [-0.3, -0.25) is 24.0 Å². The first-order valence-electron chi connectivity index (χ1n) is 39.3. The number of amides is 1. The Morgan fingerprint density at radius 3 is 1.69 bits per heavy atom. The lowest BCUT2D eigenvalue weighted by molar-refractivity contribution is -0.339. The van der Waals surface area contributed by atoms with Crippen LogP contribution in [0, 0.1) is 22.7 Å². The number of Topliss-reactive ketones (excluding diaryl/α,β-unsaturated/α-hetero) is 2. The molecule has 3 aromatic rings. The number of aliphatic hydroxyl groups excluding tert-OH is 1. The number of hydrogen-bond donors (Lipinski definition) is 3. The number of esters is 3. The smallest absolute Gasteiger partial charge is 0.455 e. The second kappa shape index (κ2) is 35.7. The van der Waals surface area contributed by atoms with Crippen molar-refractivity contribution in [3.05, 3.63) is 119 Å². The average Bonchev–Trinajstić information content (AvgIpc) is 0.667. The Balaban J connectivity index is 1.02. The SMILES string of the molecule is CC(=O)O[C@@H]1C(=O)[C@@]2(C)[C@H](O)C[C@@H]3OC[C@]3(OC(C)=O)[C@@H]2[C@@H](CC(=O)c2ccccc2)[C@@]2(O)C[C@@H](OC(=O)[C@@H](OC(=O)OCCOCCOCCOC[C@@H]3OC(O[Si](C)(C)C(C)(C)C)[C@H](O[Si](C)(C)C(C)(C)C)[C@H](OS(C)(C)C(C)C)[C@H]3O[Si](C)(C)C(C)(C)C)[C@H](NC(=O)c3ccccc3)c3ccccc3)C(C)=C1C2(C)C. The number of rotatable bonds is 32. The summed E-state index contributed by atoms with van der Waals surface area (Å²) in [7, 11) is -9.24. The summed E-state index contributed by atoms with van der Waals surface area (Å²) in [5.41, 5.74) is -6.86. The molecule has 2 saturated carbocycles. The van der Waals surface area contributed by atoms with Crippen molar-refractivity contribution < 1.29 is 109 Å². The molecule has 8 rings (SSSR count). The summed E-state index contributed by atoms with van der Waals surface area (Å²) in [5, 5.41) is 29.4. The number of aliphatic hydroxyl groups is 2. The predicted octanol–water partition coefficient (Wildman–Crippen LogP) is 13.9. The monoisotopic (exact) mass is 1640 g/mol. The van der Waals surface area contributed by atoms with Crippen LogP contribution in [0.2, 0.25) is 54.4 Å². The number of carbonyl (C=O) groups excluding carboxylic acids is 7. The first-order valence-corrected chi connectivity index (χ1v) is 50.5. The summed E-state index contributed by atoms with van der Waals surface area (Å²) in [4.78, 5) is 102. The Hall–Kier alpha value is -5.55. The average molecular weight is 1640 g/mol. The van der Waals surface area contributed by atoms with E-state index in [4.69, 9.17) is 64.8 Å². The zero-order valence-corrected chi connectivity index (χ0v) is 74.7. The normalized spacial score (nSPS) is 28.4. The van der Waals surface area contributed by atoms with Crippen molar-refractivity contribution in [3.63, 3.8) is 0 Å². The topological polar surface area (TPSA) is 301 Å². The zero-order chi connectivity index (χ0) is 83.5. The molecule has 3 aromatic carbocycles. The molecule has 16 atom stereocenters. The number of carbonyl (C=O) groups is 7. The second-order valence-electron chi connectivity index (χ2n) is 36.8. The number of benzene rings is 3. The highest BCUT2D eigenvalue weighted by molar-refractivity contribution is 8.29. The van der Waals surface area contributed by atoms with Gasteiger partial charge in [-0.1, -0.05) is 169 Å². The van der Waals surface area contributed by atoms with Crippen LogP contribution in [-0.2, 0) is 84.0 Å². The van der Waals surface area contributed by atoms with Gasteiger partial charge >= 0.3 is 24.1 Å². The van der Waals surface area contributed by atoms with Gasteiger partial charge in [0, 0.05) is 66.7 Å². The van der Waals surface area contributed by atoms with Gasteiger partial charge in [0.2, 0.25) is 6.10 Å². The van der Waals surface area contributed by atoms with E-state index in [9.17, 15) is 34.2 Å². The largest absolute Gasteiger partial charge is 0.509 e. The van der Waals surface area contributed by atoms with E-state index in [0.717, 1.165) is 6.92 Å². The Kier molecular flexibility index (Phi) is 29.3. The quantitative estimate of drug-likeness (QED) is 0.0131. The summed E-state index contributed by atoms with van der Waals surface area (Å²) in [6, 6.07) is 23.1. The number of ketones is 2. The second-order valence-corrected chi connectivity index (χ2v) is 54.8. The fourth-order valence-corrected chi connectivity index (χ4v) is 20.0. The lowest BCUT2D eigenvalue weighted by atomic mass is 9.42. The molecule has 2 saturated heterocycles. The van der Waals surface area contributed by atoms with Gasteiger partial charge in [0.05, 0.1) is 63.4 Å². The van der Waals surface area contributed by atoms with Crippen LogP contribution in [-0.4, -0.2) is 220 Å². The first-order chi connectivity index (χ1) is 51.8. The molecule has 5 aliphatic rings. The molecular formula is C84H129NO23SSi3. The van der Waals surface area contributed by atoms with Crippen LogP contribution in [0.4, 0.5) is 4.79 Å². The molecule has 24 nitrogen and oxygen atoms in total. The van der Waals surface area contributed by atoms with E-state index < -0.39 is 191 Å². The predicted molar refractivity (Wildman–Crippen MR) is 434 cm³/mol. The Labute approximate surface area is 669 Å². The molecule has 2 heterocycles. The summed E-state index contributed by atoms with van der Waals surface area (Å²) >= 11 is 0. The highest BCUT2D eigenvalue weighted by Gasteiger charge is 2.77. The summed E-state index contributed by atoms with van der Waals surface area (Å²) in [6.45, 7) is 46.2. The van der Waals surface area contributed by atoms with E-state index in [0.29, 0.717) is 0 Å². The summed E-state index contributed by atoms with van der Waals surface area (Å²) < 4.78 is 91.8. The number of nitrogens with one attached hydrogen (secondary N) is 1. The molecule has 2 aliphatic heterocycles. The van der Waals surface area contributed by atoms with Crippen LogP contribution in [0.3, 0.4) is 0 Å². The van der Waals surface area contributed by atoms with Gasteiger partial charge in [-0.2, -0.15) is 0 Å². The van der Waals surface area contributed by atoms with E-state index in [-0.39, 0.29) is 107 Å². The molecule has 2 bridgehead atoms. The third-order valence-electron chi connectivity index (χ3n) is 25.4. The molecule has 0 radical (unpaired) electrons. The van der Waals surface area contributed by atoms with Crippen LogP contribution in [0.1, 0.15) is 169 Å². The van der Waals surface area contributed by atoms with Crippen molar-refractivity contribution in [3.8, 4) is 0 Å². The maximum Gasteiger partial charge on any atom is 0.509 e. The van der Waals surface area contributed by atoms with Crippen LogP contribution < -0.4 is 5.32 Å². The standard InChI is InChI=1S/C84H129NO23SSi3/c1-52(2)109(18,19)105-70-67(106-110(20,21)78(6,7)8)62(102-76(108-112(24,25)80(12,13)14)71(70)107-111(22,23)79(9,10)11)50-97-44-43-95-41-42-96-45-46-98-77(93)103-69(66(57-37-31-27-32-38-57)85-74(91)58-39-33-28-34-40-58)75(92)101-61-49-84(94)59(47-60(88)56-35-29-26-30-36-56)72-82(17,63(89)48-64-83(72,51-99-64)104-55(5)87)73(90)68(100-54(4)86)65(53(61)3)81(84,15)16/h26-40,52,59,61-64,66-72,76,89,94H,41-51H2,1-25H3,(H,85,91)/t59-,61-,62+,63-,64+,66-,67+,68+,69+,70-,71-,72-,76?,82+,83-,84+/m1/s1. The summed E-state index contributed by atoms with van der Waals surface area (Å²) in [6.07, 6.45) is -9.48. The number of hydrogen-bond acceptors (Lipinski definition) is 23. The van der Waals surface area contributed by atoms with Gasteiger partial charge in [0.1, 0.15) is 49.3 Å². The molecule has 4 fully saturated rings. The van der Waals surface area contributed by atoms with E-state index in [2.05, 4.69) is 133 Å². The molecule has 112 heavy (non-hydrogen) atoms. The lowest BCUT2D eigenvalue weighted by Crippen LogP contribution is -2.80. The molecule has 0 spiro atoms. The van der Waals surface area contributed by atoms with Crippen molar-refractivity contribution in [1.82, 2.24) is 5.32 Å². The van der Waals surface area contributed by atoms with Crippen LogP contribution in [0.15, 0.2) is 102 Å². The van der Waals surface area contributed by atoms with Crippen molar-refractivity contribution >= 4 is 76.8 Å². The highest BCUT2D eigenvalue weighted by atomic mass is 32.3. The highest BCUT2D eigenvalue weighted by Crippen LogP contribution is 2.67. The van der Waals surface area contributed by atoms with Crippen LogP contribution in [0.5, 0.6) is 0 Å². The van der Waals surface area contributed by atoms with E-state index >= 15 is 9.59 Å². The molecular weight excluding hydrogens is 1510 g/mol. The minimum absolute atomic E-state index is 0.00444. The molecule has 626 valence electrons. The van der Waals surface area contributed by atoms with Gasteiger partial charge in [-0.05, 0) is 110 Å². The fourth-order valence-electron chi connectivity index (χ4n) is 15.3. The molecule has 3 aliphatic carbocycles. The maximum atomic E-state index is 16.1. The maximum absolute atomic E-state index is 16.1. The third-order valence-corrected chi connectivity index (χ3v) is 41.8. The van der Waals surface area contributed by atoms with Crippen molar-refractivity contribution in [2.75, 3.05) is 65.4 Å². The third kappa shape index (κ3) is 20.0. The van der Waals surface area contributed by atoms with Crippen LogP contribution in [0.25, 0.3) is 0 Å². The summed E-state index contributed by atoms with van der Waals surface area (Å²) in [5.74, 6) is -7.79. The molecule has 0 aromatic heterocycles. The Bertz CT molecular complexity index is 3800. The van der Waals surface area contributed by atoms with Crippen molar-refractivity contribution in [2.45, 2.75) is 275 Å². The van der Waals surface area contributed by atoms with Crippen molar-refractivity contribution in [2.24, 2.45) is 22.7 Å². The van der Waals surface area contributed by atoms with Gasteiger partial charge in [0.15, 0.2) is 54.5 Å². The van der Waals surface area contributed by atoms with Gasteiger partial charge in [-0.25, -0.2) is 9.59 Å². The van der Waals surface area contributed by atoms with E-state index in [1.807, 2.05) is 0 Å². The first kappa shape index (κ1) is 92.0. The molecule has 1 unspecified atom stereocenters. The van der Waals surface area contributed by atoms with Crippen molar-refractivity contribution in [1.29, 1.82) is 0 Å². The minimum atomic E-state index is -2.53. The van der Waals surface area contributed by atoms with E-state index in [1.54, 1.807) is 112 Å². The number of ether oxygens (including phenoxy) is 10. The van der Waals surface area contributed by atoms with E-state index in [1.165, 1.54) is 13.8 Å². The van der Waals surface area contributed by atoms with Gasteiger partial charge < -0.3 is 80.4 Å². The minimum Gasteiger partial charge on any atom is -0.455 e. The molecule has 3 N–H and O–H groups in total. The zero-order valence-electron chi connectivity index (χ0n) is 70.9. The molecule has 1 amide bonds. The Morgan fingerprint density at radius 2 is 1.18 bits per heavy atom. The fraction of sp³-hybridized carbons (Fsp3) is 0.679. The van der Waals surface area contributed by atoms with Gasteiger partial charge in [-0.15, -0.1) is 10.3 Å². The van der Waals surface area contributed by atoms with Crippen LogP contribution >= 0.6 is 10.3 Å². The Morgan fingerprint density at radius 1 is 0.670 bits per heavy atom. The molecule has 28 heteroatoms. The lowest BCUT2D eigenvalue weighted by Gasteiger charge is -2.68. The van der Waals surface area contributed by atoms with Gasteiger partial charge in [0.25, 0.3) is 5.91 Å². The number of fused-ring (bicyclic) bond motifs is 5.